The van der Waals surface area contributed by atoms with Crippen LogP contribution in [0.1, 0.15) is 24.6 Å². The van der Waals surface area contributed by atoms with E-state index in [2.05, 4.69) is 29.3 Å². The predicted molar refractivity (Wildman–Crippen MR) is 98.3 cm³/mol. The highest BCUT2D eigenvalue weighted by atomic mass is 35.5. The van der Waals surface area contributed by atoms with Crippen LogP contribution in [-0.4, -0.2) is 12.4 Å². The van der Waals surface area contributed by atoms with E-state index in [-0.39, 0.29) is 0 Å². The molecule has 2 aromatic rings. The van der Waals surface area contributed by atoms with Crippen molar-refractivity contribution in [3.8, 4) is 17.2 Å². The third-order valence-corrected chi connectivity index (χ3v) is 3.74. The number of nitriles is 1. The van der Waals surface area contributed by atoms with Crippen LogP contribution in [0.4, 0.5) is 5.69 Å². The Balaban J connectivity index is 2.32. The minimum absolute atomic E-state index is 0.359. The highest BCUT2D eigenvalue weighted by molar-refractivity contribution is 6.48. The molecule has 0 unspecified atom stereocenters. The van der Waals surface area contributed by atoms with Crippen LogP contribution in [0.5, 0.6) is 0 Å². The summed E-state index contributed by atoms with van der Waals surface area (Å²) in [5, 5.41) is 12.4. The Morgan fingerprint density at radius 3 is 2.96 bits per heavy atom. The molecule has 1 radical (unpaired) electrons. The molecule has 0 bridgehead atoms. The summed E-state index contributed by atoms with van der Waals surface area (Å²) in [6, 6.07) is 12.1. The maximum atomic E-state index is 8.58. The van der Waals surface area contributed by atoms with Crippen molar-refractivity contribution in [1.29, 1.82) is 5.26 Å². The molecule has 2 rings (SSSR count). The highest BCUT2D eigenvalue weighted by Crippen LogP contribution is 2.28. The first-order valence-corrected chi connectivity index (χ1v) is 7.91. The van der Waals surface area contributed by atoms with Gasteiger partial charge in [0.05, 0.1) is 6.07 Å². The molecular formula is C18H18BClN3. The lowest BCUT2D eigenvalue weighted by atomic mass is 9.89. The van der Waals surface area contributed by atoms with Crippen molar-refractivity contribution in [2.45, 2.75) is 26.6 Å². The predicted octanol–water partition coefficient (Wildman–Crippen LogP) is 5.02. The normalized spacial score (nSPS) is 11.0. The Bertz CT molecular complexity index is 750. The minimum Gasteiger partial charge on any atom is -0.431 e. The van der Waals surface area contributed by atoms with Gasteiger partial charge in [0.1, 0.15) is 0 Å². The molecule has 115 valence electrons. The number of allylic oxidation sites excluding steroid dienone is 1. The molecule has 1 heterocycles. The van der Waals surface area contributed by atoms with Gasteiger partial charge in [-0.15, -0.1) is 0 Å². The summed E-state index contributed by atoms with van der Waals surface area (Å²) in [5.74, 6) is 0. The molecule has 23 heavy (non-hydrogen) atoms. The van der Waals surface area contributed by atoms with Gasteiger partial charge >= 0.3 is 0 Å². The number of aryl methyl sites for hydroxylation is 1. The Kier molecular flexibility index (Phi) is 6.25. The molecule has 0 atom stereocenters. The zero-order valence-electron chi connectivity index (χ0n) is 13.3. The van der Waals surface area contributed by atoms with Gasteiger partial charge in [-0.1, -0.05) is 36.7 Å². The number of hydrogen-bond donors (Lipinski definition) is 1. The van der Waals surface area contributed by atoms with E-state index in [4.69, 9.17) is 16.9 Å². The van der Waals surface area contributed by atoms with E-state index in [1.807, 2.05) is 43.5 Å². The van der Waals surface area contributed by atoms with Crippen LogP contribution in [0.25, 0.3) is 16.2 Å². The molecule has 0 aliphatic carbocycles. The van der Waals surface area contributed by atoms with Gasteiger partial charge < -0.3 is 5.23 Å². The van der Waals surface area contributed by atoms with Crippen molar-refractivity contribution < 1.29 is 0 Å². The van der Waals surface area contributed by atoms with Crippen LogP contribution in [0.2, 0.25) is 6.32 Å². The van der Waals surface area contributed by atoms with Gasteiger partial charge in [-0.2, -0.15) is 5.26 Å². The van der Waals surface area contributed by atoms with Crippen molar-refractivity contribution >= 4 is 29.7 Å². The van der Waals surface area contributed by atoms with Crippen LogP contribution in [0.15, 0.2) is 42.6 Å². The number of nitrogens with zero attached hydrogens (tertiary/aromatic N) is 2. The Labute approximate surface area is 143 Å². The molecular weight excluding hydrogens is 304 g/mol. The van der Waals surface area contributed by atoms with Crippen LogP contribution in [-0.2, 0) is 0 Å². The molecule has 1 N–H and O–H groups in total. The van der Waals surface area contributed by atoms with E-state index in [0.717, 1.165) is 39.5 Å². The zero-order valence-corrected chi connectivity index (χ0v) is 14.1. The van der Waals surface area contributed by atoms with Gasteiger partial charge in [-0.25, -0.2) is 0 Å². The number of nitrogens with one attached hydrogen (secondary N) is 1. The molecule has 0 saturated heterocycles. The van der Waals surface area contributed by atoms with Crippen molar-refractivity contribution in [2.24, 2.45) is 0 Å². The van der Waals surface area contributed by atoms with Gasteiger partial charge in [-0.05, 0) is 37.1 Å². The maximum absolute atomic E-state index is 8.58. The number of rotatable bonds is 6. The van der Waals surface area contributed by atoms with E-state index in [1.165, 1.54) is 0 Å². The summed E-state index contributed by atoms with van der Waals surface area (Å²) in [5.41, 5.74) is 4.88. The topological polar surface area (TPSA) is 48.7 Å². The summed E-state index contributed by atoms with van der Waals surface area (Å²) in [7, 11) is 1.73. The summed E-state index contributed by atoms with van der Waals surface area (Å²) in [6.07, 6.45) is 5.09. The molecule has 0 saturated carbocycles. The first-order chi connectivity index (χ1) is 11.2. The smallest absolute Gasteiger partial charge is 0.258 e. The third-order valence-electron chi connectivity index (χ3n) is 3.39. The molecule has 3 nitrogen and oxygen atoms in total. The largest absolute Gasteiger partial charge is 0.431 e. The highest BCUT2D eigenvalue weighted by Gasteiger charge is 2.07. The fourth-order valence-corrected chi connectivity index (χ4v) is 2.57. The molecule has 0 amide bonds. The fourth-order valence-electron chi connectivity index (χ4n) is 2.22. The van der Waals surface area contributed by atoms with Crippen LogP contribution in [0.3, 0.4) is 0 Å². The average molecular weight is 323 g/mol. The molecule has 1 aromatic carbocycles. The minimum atomic E-state index is 0.359. The van der Waals surface area contributed by atoms with E-state index in [1.54, 1.807) is 7.41 Å². The van der Waals surface area contributed by atoms with Crippen molar-refractivity contribution in [3.63, 3.8) is 0 Å². The second kappa shape index (κ2) is 8.40. The van der Waals surface area contributed by atoms with Crippen LogP contribution in [0, 0.1) is 18.3 Å². The second-order valence-electron chi connectivity index (χ2n) is 5.11. The third kappa shape index (κ3) is 4.61. The van der Waals surface area contributed by atoms with Crippen molar-refractivity contribution in [2.75, 3.05) is 5.23 Å². The molecule has 1 aromatic heterocycles. The van der Waals surface area contributed by atoms with E-state index in [0.29, 0.717) is 6.32 Å². The quantitative estimate of drug-likeness (QED) is 0.600. The van der Waals surface area contributed by atoms with Gasteiger partial charge in [0.25, 0.3) is 7.41 Å². The fraction of sp³-hybridized carbons (Fsp3) is 0.222. The summed E-state index contributed by atoms with van der Waals surface area (Å²) in [6.45, 7) is 4.02. The van der Waals surface area contributed by atoms with Gasteiger partial charge in [0, 0.05) is 40.1 Å². The summed E-state index contributed by atoms with van der Waals surface area (Å²) in [4.78, 5) is 4.47. The monoisotopic (exact) mass is 322 g/mol. The van der Waals surface area contributed by atoms with Crippen molar-refractivity contribution in [1.82, 2.24) is 4.98 Å². The van der Waals surface area contributed by atoms with Crippen molar-refractivity contribution in [3.05, 3.63) is 53.9 Å². The van der Waals surface area contributed by atoms with Crippen LogP contribution >= 0.6 is 11.6 Å². The first kappa shape index (κ1) is 17.1. The lowest BCUT2D eigenvalue weighted by molar-refractivity contribution is 1.18. The van der Waals surface area contributed by atoms with E-state index >= 15 is 0 Å². The first-order valence-electron chi connectivity index (χ1n) is 7.54. The molecule has 5 heteroatoms. The molecule has 0 aliphatic rings. The standard InChI is InChI=1S/C18H18BClN3/c1-3-5-18(20)17-11-15(12-22-13(17)2)14-6-4-7-16(10-14)23-19-8-9-21/h4-7,10-12,23H,3,8H2,1-2H3/b18-5+. The zero-order chi connectivity index (χ0) is 16.7. The number of pyridine rings is 1. The summed E-state index contributed by atoms with van der Waals surface area (Å²) >= 11 is 6.36. The lowest BCUT2D eigenvalue weighted by Crippen LogP contribution is -2.04. The number of hydrogen-bond acceptors (Lipinski definition) is 3. The Hall–Kier alpha value is -2.25. The number of anilines is 1. The van der Waals surface area contributed by atoms with Crippen LogP contribution < -0.4 is 5.23 Å². The number of halogens is 1. The SMILES string of the molecule is CC/C=C(/Cl)c1cc(-c2cccc(N[B]CC#N)c2)cnc1C. The second-order valence-corrected chi connectivity index (χ2v) is 5.52. The Morgan fingerprint density at radius 2 is 2.22 bits per heavy atom. The summed E-state index contributed by atoms with van der Waals surface area (Å²) < 4.78 is 0. The van der Waals surface area contributed by atoms with Gasteiger partial charge in [0.15, 0.2) is 0 Å². The average Bonchev–Trinajstić information content (AvgIpc) is 2.56. The van der Waals surface area contributed by atoms with E-state index < -0.39 is 0 Å². The van der Waals surface area contributed by atoms with E-state index in [9.17, 15) is 0 Å². The molecule has 0 aliphatic heterocycles. The van der Waals surface area contributed by atoms with Gasteiger partial charge in [0.2, 0.25) is 0 Å². The Morgan fingerprint density at radius 1 is 1.39 bits per heavy atom. The maximum Gasteiger partial charge on any atom is 0.258 e. The molecule has 0 fully saturated rings. The molecule has 0 spiro atoms. The number of aromatic nitrogens is 1. The van der Waals surface area contributed by atoms with Gasteiger partial charge in [-0.3, -0.25) is 4.98 Å². The number of benzene rings is 1. The lowest BCUT2D eigenvalue weighted by Gasteiger charge is -2.10.